The number of aliphatic carboxylic acids is 2. The first-order valence-corrected chi connectivity index (χ1v) is 10.4. The van der Waals surface area contributed by atoms with Crippen LogP contribution in [0.3, 0.4) is 0 Å². The van der Waals surface area contributed by atoms with Crippen LogP contribution in [-0.2, 0) is 29.0 Å². The van der Waals surface area contributed by atoms with Gasteiger partial charge in [0.1, 0.15) is 12.1 Å². The van der Waals surface area contributed by atoms with Gasteiger partial charge in [0.2, 0.25) is 0 Å². The quantitative estimate of drug-likeness (QED) is 0.580. The number of carboxylic acids is 2. The number of aromatic nitrogens is 3. The predicted molar refractivity (Wildman–Crippen MR) is 115 cm³/mol. The third kappa shape index (κ3) is 10.4. The lowest BCUT2D eigenvalue weighted by atomic mass is 10.1. The first-order chi connectivity index (χ1) is 16.7. The van der Waals surface area contributed by atoms with Gasteiger partial charge in [-0.25, -0.2) is 19.6 Å². The monoisotopic (exact) mass is 525 g/mol. The molecule has 0 atom stereocenters. The molecule has 0 saturated heterocycles. The van der Waals surface area contributed by atoms with Crippen molar-refractivity contribution in [2.45, 2.75) is 38.7 Å². The largest absolute Gasteiger partial charge is 0.490 e. The average molecular weight is 525 g/mol. The summed E-state index contributed by atoms with van der Waals surface area (Å²) in [5.41, 5.74) is 3.80. The fraction of sp³-hybridized carbons (Fsp3) is 0.476. The number of pyridine rings is 1. The minimum absolute atomic E-state index is 0.953. The molecule has 3 rings (SSSR count). The molecule has 1 aliphatic heterocycles. The molecule has 0 fully saturated rings. The Bertz CT molecular complexity index is 965. The Hall–Kier alpha value is -3.49. The highest BCUT2D eigenvalue weighted by atomic mass is 19.4. The summed E-state index contributed by atoms with van der Waals surface area (Å²) in [5, 5.41) is 14.2. The van der Waals surface area contributed by atoms with Crippen molar-refractivity contribution in [2.24, 2.45) is 0 Å². The Kier molecular flexibility index (Phi) is 11.5. The summed E-state index contributed by atoms with van der Waals surface area (Å²) in [6.45, 7) is 6.14. The number of hydrogen-bond donors (Lipinski definition) is 2. The van der Waals surface area contributed by atoms with Crippen molar-refractivity contribution in [3.05, 3.63) is 47.7 Å². The van der Waals surface area contributed by atoms with Crippen molar-refractivity contribution in [1.82, 2.24) is 19.9 Å². The number of carbonyl (C=O) groups is 2. The van der Waals surface area contributed by atoms with E-state index in [9.17, 15) is 26.3 Å². The number of carboxylic acid groups (broad SMARTS) is 2. The Morgan fingerprint density at radius 3 is 2.06 bits per heavy atom. The predicted octanol–water partition coefficient (Wildman–Crippen LogP) is 3.20. The highest BCUT2D eigenvalue weighted by Crippen LogP contribution is 2.23. The fourth-order valence-corrected chi connectivity index (χ4v) is 2.94. The molecule has 1 aliphatic rings. The topological polar surface area (TPSA) is 120 Å². The van der Waals surface area contributed by atoms with E-state index >= 15 is 0 Å². The molecule has 15 heteroatoms. The summed E-state index contributed by atoms with van der Waals surface area (Å²) >= 11 is 0. The van der Waals surface area contributed by atoms with E-state index < -0.39 is 24.3 Å². The van der Waals surface area contributed by atoms with E-state index in [4.69, 9.17) is 19.8 Å². The summed E-state index contributed by atoms with van der Waals surface area (Å²) in [4.78, 5) is 35.7. The van der Waals surface area contributed by atoms with Crippen molar-refractivity contribution in [1.29, 1.82) is 0 Å². The normalized spacial score (nSPS) is 13.7. The number of anilines is 1. The van der Waals surface area contributed by atoms with E-state index in [-0.39, 0.29) is 0 Å². The van der Waals surface area contributed by atoms with E-state index in [1.165, 1.54) is 16.8 Å². The molecule has 0 saturated carbocycles. The first kappa shape index (κ1) is 30.5. The summed E-state index contributed by atoms with van der Waals surface area (Å²) in [7, 11) is 2.10. The molecule has 36 heavy (non-hydrogen) atoms. The van der Waals surface area contributed by atoms with Crippen molar-refractivity contribution < 1.29 is 46.1 Å². The summed E-state index contributed by atoms with van der Waals surface area (Å²) in [6, 6.07) is 4.14. The molecule has 0 radical (unpaired) electrons. The van der Waals surface area contributed by atoms with Gasteiger partial charge >= 0.3 is 24.3 Å². The second-order valence-electron chi connectivity index (χ2n) is 7.38. The Labute approximate surface area is 202 Å². The second-order valence-corrected chi connectivity index (χ2v) is 7.38. The van der Waals surface area contributed by atoms with Gasteiger partial charge in [0.15, 0.2) is 0 Å². The minimum Gasteiger partial charge on any atom is -0.475 e. The van der Waals surface area contributed by atoms with Gasteiger partial charge in [-0.15, -0.1) is 0 Å². The Morgan fingerprint density at radius 2 is 1.58 bits per heavy atom. The van der Waals surface area contributed by atoms with Crippen LogP contribution in [0.15, 0.2) is 30.9 Å². The molecule has 0 aliphatic carbocycles. The number of halogens is 6. The highest BCUT2D eigenvalue weighted by Gasteiger charge is 2.38. The number of rotatable bonds is 4. The van der Waals surface area contributed by atoms with Gasteiger partial charge in [-0.1, -0.05) is 6.07 Å². The molecule has 0 amide bonds. The fourth-order valence-electron chi connectivity index (χ4n) is 2.94. The molecule has 0 spiro atoms. The maximum absolute atomic E-state index is 10.6. The van der Waals surface area contributed by atoms with Crippen molar-refractivity contribution in [2.75, 3.05) is 31.6 Å². The lowest BCUT2D eigenvalue weighted by molar-refractivity contribution is -0.193. The van der Waals surface area contributed by atoms with Crippen LogP contribution < -0.4 is 4.90 Å². The first-order valence-electron chi connectivity index (χ1n) is 10.4. The van der Waals surface area contributed by atoms with Crippen LogP contribution in [0.5, 0.6) is 0 Å². The maximum atomic E-state index is 10.6. The van der Waals surface area contributed by atoms with E-state index in [1.807, 2.05) is 18.5 Å². The highest BCUT2D eigenvalue weighted by molar-refractivity contribution is 5.73. The molecule has 9 nitrogen and oxygen atoms in total. The number of hydrogen-bond acceptors (Lipinski definition) is 7. The number of alkyl halides is 6. The molecular formula is C21H25F6N5O4. The van der Waals surface area contributed by atoms with E-state index in [2.05, 4.69) is 44.8 Å². The van der Waals surface area contributed by atoms with Gasteiger partial charge in [-0.3, -0.25) is 9.88 Å². The zero-order chi connectivity index (χ0) is 27.5. The van der Waals surface area contributed by atoms with Crippen LogP contribution in [0.25, 0.3) is 0 Å². The Morgan fingerprint density at radius 1 is 1.03 bits per heavy atom. The molecule has 0 aromatic carbocycles. The zero-order valence-electron chi connectivity index (χ0n) is 19.3. The molecule has 0 unspecified atom stereocenters. The van der Waals surface area contributed by atoms with Gasteiger partial charge in [0.05, 0.1) is 5.69 Å². The molecule has 0 bridgehead atoms. The van der Waals surface area contributed by atoms with Crippen LogP contribution in [0.2, 0.25) is 0 Å². The smallest absolute Gasteiger partial charge is 0.475 e. The van der Waals surface area contributed by atoms with Gasteiger partial charge in [0.25, 0.3) is 0 Å². The van der Waals surface area contributed by atoms with Crippen LogP contribution in [0, 0.1) is 0 Å². The van der Waals surface area contributed by atoms with E-state index in [0.717, 1.165) is 44.8 Å². The van der Waals surface area contributed by atoms with Crippen LogP contribution in [-0.4, -0.2) is 81.0 Å². The summed E-state index contributed by atoms with van der Waals surface area (Å²) < 4.78 is 63.5. The number of fused-ring (bicyclic) bond motifs is 1. The molecule has 2 N–H and O–H groups in total. The van der Waals surface area contributed by atoms with Gasteiger partial charge < -0.3 is 15.1 Å². The van der Waals surface area contributed by atoms with Gasteiger partial charge in [-0.2, -0.15) is 26.3 Å². The van der Waals surface area contributed by atoms with E-state index in [0.29, 0.717) is 0 Å². The molecule has 3 heterocycles. The third-order valence-corrected chi connectivity index (χ3v) is 4.80. The van der Waals surface area contributed by atoms with Crippen molar-refractivity contribution in [3.63, 3.8) is 0 Å². The maximum Gasteiger partial charge on any atom is 0.490 e. The SMILES string of the molecule is CCN(C)c1ncnc2c1CCN(Cc1cccnc1)CC2.O=C(O)C(F)(F)F.O=C(O)C(F)(F)F. The standard InChI is InChI=1S/C17H23N5.2C2HF3O2/c1-3-21(2)17-15-6-9-22(10-7-16(15)19-13-20-17)12-14-5-4-8-18-11-14;2*3-2(4,5)1(6)7/h4-5,8,11,13H,3,6-7,9-10,12H2,1-2H3;2*(H,6,7). The molecular weight excluding hydrogens is 500 g/mol. The summed E-state index contributed by atoms with van der Waals surface area (Å²) in [5.74, 6) is -4.42. The molecule has 200 valence electrons. The molecule has 2 aromatic rings. The average Bonchev–Trinajstić information content (AvgIpc) is 3.01. The summed E-state index contributed by atoms with van der Waals surface area (Å²) in [6.07, 6.45) is -2.69. The lowest BCUT2D eigenvalue weighted by Crippen LogP contribution is -2.26. The minimum atomic E-state index is -5.08. The zero-order valence-corrected chi connectivity index (χ0v) is 19.3. The molecule has 2 aromatic heterocycles. The Balaban J connectivity index is 0.000000383. The van der Waals surface area contributed by atoms with E-state index in [1.54, 1.807) is 6.33 Å². The number of nitrogens with zero attached hydrogens (tertiary/aromatic N) is 5. The van der Waals surface area contributed by atoms with Crippen molar-refractivity contribution >= 4 is 17.8 Å². The second kappa shape index (κ2) is 13.6. The van der Waals surface area contributed by atoms with Crippen LogP contribution in [0.4, 0.5) is 32.2 Å². The van der Waals surface area contributed by atoms with Crippen LogP contribution >= 0.6 is 0 Å². The van der Waals surface area contributed by atoms with Gasteiger partial charge in [-0.05, 0) is 25.0 Å². The van der Waals surface area contributed by atoms with Crippen LogP contribution in [0.1, 0.15) is 23.7 Å². The van der Waals surface area contributed by atoms with Crippen molar-refractivity contribution in [3.8, 4) is 0 Å². The lowest BCUT2D eigenvalue weighted by Gasteiger charge is -2.20. The third-order valence-electron chi connectivity index (χ3n) is 4.80. The van der Waals surface area contributed by atoms with Gasteiger partial charge in [0, 0.05) is 57.6 Å².